The van der Waals surface area contributed by atoms with Gasteiger partial charge < -0.3 is 15.0 Å². The van der Waals surface area contributed by atoms with Gasteiger partial charge in [-0.15, -0.1) is 0 Å². The second-order valence-corrected chi connectivity index (χ2v) is 7.87. The van der Waals surface area contributed by atoms with Crippen LogP contribution >= 0.6 is 0 Å². The van der Waals surface area contributed by atoms with Crippen molar-refractivity contribution in [1.82, 2.24) is 15.3 Å². The molecular weight excluding hydrogens is 388 g/mol. The number of hydrogen-bond acceptors (Lipinski definition) is 5. The minimum atomic E-state index is -0.140. The highest BCUT2D eigenvalue weighted by Gasteiger charge is 2.15. The smallest absolute Gasteiger partial charge is 0.251 e. The van der Waals surface area contributed by atoms with Crippen molar-refractivity contribution in [3.63, 3.8) is 0 Å². The lowest BCUT2D eigenvalue weighted by molar-refractivity contribution is 0.0940. The second-order valence-electron chi connectivity index (χ2n) is 7.87. The highest BCUT2D eigenvalue weighted by atomic mass is 16.5. The Morgan fingerprint density at radius 1 is 1.00 bits per heavy atom. The van der Waals surface area contributed by atoms with Gasteiger partial charge in [-0.2, -0.15) is 0 Å². The number of nitrogens with one attached hydrogen (secondary N) is 1. The Bertz CT molecular complexity index is 1030. The predicted octanol–water partition coefficient (Wildman–Crippen LogP) is 4.63. The van der Waals surface area contributed by atoms with Gasteiger partial charge in [0.05, 0.1) is 13.2 Å². The lowest BCUT2D eigenvalue weighted by Gasteiger charge is -2.26. The summed E-state index contributed by atoms with van der Waals surface area (Å²) in [6, 6.07) is 15.1. The molecule has 1 amide bonds. The molecule has 1 N–H and O–H groups in total. The third kappa shape index (κ3) is 5.02. The molecule has 0 unspecified atom stereocenters. The molecule has 0 bridgehead atoms. The summed E-state index contributed by atoms with van der Waals surface area (Å²) in [5.41, 5.74) is 3.42. The third-order valence-corrected chi connectivity index (χ3v) is 5.68. The number of aromatic nitrogens is 2. The second kappa shape index (κ2) is 9.60. The van der Waals surface area contributed by atoms with E-state index in [9.17, 15) is 4.79 Å². The summed E-state index contributed by atoms with van der Waals surface area (Å²) in [7, 11) is 1.64. The van der Waals surface area contributed by atoms with Gasteiger partial charge in [0.1, 0.15) is 5.75 Å². The van der Waals surface area contributed by atoms with Crippen molar-refractivity contribution < 1.29 is 9.53 Å². The average molecular weight is 417 g/mol. The van der Waals surface area contributed by atoms with E-state index < -0.39 is 0 Å². The molecule has 1 aromatic heterocycles. The Balaban J connectivity index is 1.46. The fourth-order valence-corrected chi connectivity index (χ4v) is 3.84. The van der Waals surface area contributed by atoms with Crippen LogP contribution in [0, 0.1) is 0 Å². The van der Waals surface area contributed by atoms with Crippen molar-refractivity contribution in [2.75, 3.05) is 25.1 Å². The fraction of sp³-hybridized carbons (Fsp3) is 0.320. The van der Waals surface area contributed by atoms with Crippen LogP contribution in [-0.2, 0) is 0 Å². The first-order chi connectivity index (χ1) is 15.1. The summed E-state index contributed by atoms with van der Waals surface area (Å²) < 4.78 is 5.28. The number of piperidine rings is 1. The molecule has 1 aliphatic heterocycles. The maximum Gasteiger partial charge on any atom is 0.251 e. The molecule has 0 aliphatic carbocycles. The summed E-state index contributed by atoms with van der Waals surface area (Å²) in [6.07, 6.45) is 7.34. The van der Waals surface area contributed by atoms with E-state index in [4.69, 9.17) is 4.74 Å². The number of carbonyl (C=O) groups excluding carboxylic acids is 1. The van der Waals surface area contributed by atoms with Crippen molar-refractivity contribution in [3.8, 4) is 16.9 Å². The van der Waals surface area contributed by atoms with Crippen LogP contribution in [0.3, 0.4) is 0 Å². The van der Waals surface area contributed by atoms with Gasteiger partial charge in [-0.25, -0.2) is 9.97 Å². The molecule has 160 valence electrons. The Hall–Kier alpha value is -3.41. The van der Waals surface area contributed by atoms with Crippen molar-refractivity contribution in [2.45, 2.75) is 32.2 Å². The first-order valence-electron chi connectivity index (χ1n) is 10.8. The zero-order chi connectivity index (χ0) is 21.6. The molecule has 0 saturated carbocycles. The van der Waals surface area contributed by atoms with E-state index in [0.717, 1.165) is 41.5 Å². The van der Waals surface area contributed by atoms with Crippen molar-refractivity contribution in [2.24, 2.45) is 0 Å². The lowest BCUT2D eigenvalue weighted by Crippen LogP contribution is -2.30. The molecule has 1 aliphatic rings. The molecule has 2 heterocycles. The van der Waals surface area contributed by atoms with Crippen LogP contribution in [0.15, 0.2) is 60.9 Å². The standard InChI is InChI=1S/C25H28N4O2/c1-18(19-8-7-11-23(15-19)31-2)28-24(30)21-10-6-9-20(14-21)22-16-26-25(27-17-22)29-12-4-3-5-13-29/h6-11,14-18H,3-5,12-13H2,1-2H3,(H,28,30)/t18-/m0/s1. The molecule has 0 radical (unpaired) electrons. The Morgan fingerprint density at radius 2 is 1.74 bits per heavy atom. The van der Waals surface area contributed by atoms with Crippen LogP contribution in [0.1, 0.15) is 48.1 Å². The monoisotopic (exact) mass is 416 g/mol. The molecule has 1 atom stereocenters. The molecule has 6 nitrogen and oxygen atoms in total. The summed E-state index contributed by atoms with van der Waals surface area (Å²) in [6.45, 7) is 3.99. The normalized spacial score (nSPS) is 14.7. The lowest BCUT2D eigenvalue weighted by atomic mass is 10.0. The van der Waals surface area contributed by atoms with Gasteiger partial charge in [-0.1, -0.05) is 24.3 Å². The van der Waals surface area contributed by atoms with Crippen molar-refractivity contribution in [1.29, 1.82) is 0 Å². The number of anilines is 1. The molecule has 4 rings (SSSR count). The average Bonchev–Trinajstić information content (AvgIpc) is 2.84. The number of hydrogen-bond donors (Lipinski definition) is 1. The van der Waals surface area contributed by atoms with Crippen LogP contribution in [0.25, 0.3) is 11.1 Å². The van der Waals surface area contributed by atoms with Gasteiger partial charge in [-0.05, 0) is 61.6 Å². The highest BCUT2D eigenvalue weighted by molar-refractivity contribution is 5.95. The summed E-state index contributed by atoms with van der Waals surface area (Å²) >= 11 is 0. The Kier molecular flexibility index (Phi) is 6.46. The first-order valence-corrected chi connectivity index (χ1v) is 10.8. The van der Waals surface area contributed by atoms with Crippen LogP contribution in [0.2, 0.25) is 0 Å². The zero-order valence-corrected chi connectivity index (χ0v) is 18.0. The minimum Gasteiger partial charge on any atom is -0.497 e. The Morgan fingerprint density at radius 3 is 2.48 bits per heavy atom. The number of benzene rings is 2. The van der Waals surface area contributed by atoms with Crippen LogP contribution in [-0.4, -0.2) is 36.1 Å². The fourth-order valence-electron chi connectivity index (χ4n) is 3.84. The SMILES string of the molecule is COc1cccc([C@H](C)NC(=O)c2cccc(-c3cnc(N4CCCCC4)nc3)c2)c1. The van der Waals surface area contributed by atoms with Gasteiger partial charge in [0, 0.05) is 36.6 Å². The van der Waals surface area contributed by atoms with Crippen LogP contribution < -0.4 is 15.0 Å². The van der Waals surface area contributed by atoms with Gasteiger partial charge in [0.15, 0.2) is 0 Å². The predicted molar refractivity (Wildman–Crippen MR) is 122 cm³/mol. The number of ether oxygens (including phenoxy) is 1. The molecule has 0 spiro atoms. The topological polar surface area (TPSA) is 67.3 Å². The molecule has 1 fully saturated rings. The maximum atomic E-state index is 12.8. The number of nitrogens with zero attached hydrogens (tertiary/aromatic N) is 3. The largest absolute Gasteiger partial charge is 0.497 e. The van der Waals surface area contributed by atoms with Crippen molar-refractivity contribution >= 4 is 11.9 Å². The van der Waals surface area contributed by atoms with Crippen LogP contribution in [0.5, 0.6) is 5.75 Å². The molecule has 3 aromatic rings. The van der Waals surface area contributed by atoms with Crippen LogP contribution in [0.4, 0.5) is 5.95 Å². The van der Waals surface area contributed by atoms with E-state index in [1.165, 1.54) is 19.3 Å². The number of methoxy groups -OCH3 is 1. The van der Waals surface area contributed by atoms with Gasteiger partial charge >= 0.3 is 0 Å². The van der Waals surface area contributed by atoms with Gasteiger partial charge in [-0.3, -0.25) is 4.79 Å². The third-order valence-electron chi connectivity index (χ3n) is 5.68. The van der Waals surface area contributed by atoms with Gasteiger partial charge in [0.2, 0.25) is 5.95 Å². The number of amides is 1. The van der Waals surface area contributed by atoms with Crippen molar-refractivity contribution in [3.05, 3.63) is 72.1 Å². The molecule has 2 aromatic carbocycles. The Labute approximate surface area is 183 Å². The molecule has 6 heteroatoms. The minimum absolute atomic E-state index is 0.122. The molecule has 1 saturated heterocycles. The van der Waals surface area contributed by atoms with E-state index in [1.807, 2.05) is 67.8 Å². The summed E-state index contributed by atoms with van der Waals surface area (Å²) in [5, 5.41) is 3.06. The maximum absolute atomic E-state index is 12.8. The van der Waals surface area contributed by atoms with E-state index in [1.54, 1.807) is 7.11 Å². The number of carbonyl (C=O) groups is 1. The van der Waals surface area contributed by atoms with E-state index >= 15 is 0 Å². The first kappa shape index (κ1) is 20.8. The quantitative estimate of drug-likeness (QED) is 0.634. The van der Waals surface area contributed by atoms with E-state index in [-0.39, 0.29) is 11.9 Å². The highest BCUT2D eigenvalue weighted by Crippen LogP contribution is 2.23. The zero-order valence-electron chi connectivity index (χ0n) is 18.0. The number of rotatable bonds is 6. The van der Waals surface area contributed by atoms with Gasteiger partial charge in [0.25, 0.3) is 5.91 Å². The van der Waals surface area contributed by atoms with E-state index in [2.05, 4.69) is 20.2 Å². The molecular formula is C25H28N4O2. The summed E-state index contributed by atoms with van der Waals surface area (Å²) in [5.74, 6) is 1.43. The molecule has 31 heavy (non-hydrogen) atoms. The summed E-state index contributed by atoms with van der Waals surface area (Å²) in [4.78, 5) is 24.2. The van der Waals surface area contributed by atoms with E-state index in [0.29, 0.717) is 5.56 Å².